The van der Waals surface area contributed by atoms with Gasteiger partial charge < -0.3 is 15.5 Å². The summed E-state index contributed by atoms with van der Waals surface area (Å²) in [5.74, 6) is -1.52. The molecule has 2 aromatic rings. The van der Waals surface area contributed by atoms with Crippen molar-refractivity contribution in [2.24, 2.45) is 5.92 Å². The average molecular weight is 432 g/mol. The van der Waals surface area contributed by atoms with Crippen LogP contribution in [-0.2, 0) is 9.59 Å². The van der Waals surface area contributed by atoms with Crippen LogP contribution in [0.2, 0.25) is 5.02 Å². The second-order valence-electron chi connectivity index (χ2n) is 7.24. The number of rotatable bonds is 7. The second-order valence-corrected chi connectivity index (χ2v) is 7.65. The maximum Gasteiger partial charge on any atom is 0.255 e. The molecule has 1 fully saturated rings. The summed E-state index contributed by atoms with van der Waals surface area (Å²) in [6.07, 6.45) is 2.14. The molecule has 8 heteroatoms. The van der Waals surface area contributed by atoms with E-state index in [-0.39, 0.29) is 35.1 Å². The molecular formula is C22H23ClFN3O3. The number of unbranched alkanes of at least 4 members (excludes halogenated alkanes) is 1. The second kappa shape index (κ2) is 9.71. The number of nitrogens with one attached hydrogen (secondary N) is 2. The molecule has 0 aliphatic carbocycles. The molecule has 1 aliphatic rings. The van der Waals surface area contributed by atoms with Crippen molar-refractivity contribution >= 4 is 40.7 Å². The predicted molar refractivity (Wildman–Crippen MR) is 114 cm³/mol. The van der Waals surface area contributed by atoms with Crippen molar-refractivity contribution < 1.29 is 18.8 Å². The number of halogens is 2. The summed E-state index contributed by atoms with van der Waals surface area (Å²) in [6.45, 7) is 3.18. The first-order valence-electron chi connectivity index (χ1n) is 9.82. The van der Waals surface area contributed by atoms with Crippen LogP contribution in [0.15, 0.2) is 42.5 Å². The van der Waals surface area contributed by atoms with E-state index in [1.807, 2.05) is 0 Å². The van der Waals surface area contributed by atoms with Gasteiger partial charge in [-0.15, -0.1) is 0 Å². The van der Waals surface area contributed by atoms with E-state index in [0.29, 0.717) is 30.0 Å². The molecule has 0 radical (unpaired) electrons. The number of carbonyl (C=O) groups is 3. The van der Waals surface area contributed by atoms with Crippen LogP contribution < -0.4 is 10.6 Å². The van der Waals surface area contributed by atoms with Crippen LogP contribution in [0.1, 0.15) is 36.5 Å². The minimum atomic E-state index is -0.563. The maximum atomic E-state index is 13.2. The van der Waals surface area contributed by atoms with Gasteiger partial charge in [0.15, 0.2) is 0 Å². The highest BCUT2D eigenvalue weighted by molar-refractivity contribution is 6.31. The predicted octanol–water partition coefficient (Wildman–Crippen LogP) is 4.32. The highest BCUT2D eigenvalue weighted by Gasteiger charge is 2.33. The van der Waals surface area contributed by atoms with E-state index in [9.17, 15) is 18.8 Å². The molecule has 1 aliphatic heterocycles. The quantitative estimate of drug-likeness (QED) is 0.685. The molecule has 3 rings (SSSR count). The molecule has 0 saturated carbocycles. The number of carbonyl (C=O) groups excluding carboxylic acids is 3. The highest BCUT2D eigenvalue weighted by atomic mass is 35.5. The Morgan fingerprint density at radius 1 is 1.13 bits per heavy atom. The van der Waals surface area contributed by atoms with E-state index >= 15 is 0 Å². The van der Waals surface area contributed by atoms with Crippen LogP contribution in [0.3, 0.4) is 0 Å². The standard InChI is InChI=1S/C22H23ClFN3O3/c1-2-3-10-27-13-15(11-20(27)28)22(30)25-16-6-4-14(5-7-16)21(29)26-17-8-9-19(24)18(23)12-17/h4-9,12,15H,2-3,10-11,13H2,1H3,(H,25,30)(H,26,29)/t15-/m1/s1. The zero-order chi connectivity index (χ0) is 21.7. The Hall–Kier alpha value is -2.93. The molecule has 0 bridgehead atoms. The van der Waals surface area contributed by atoms with Gasteiger partial charge in [-0.25, -0.2) is 4.39 Å². The van der Waals surface area contributed by atoms with E-state index in [2.05, 4.69) is 17.6 Å². The molecule has 2 N–H and O–H groups in total. The van der Waals surface area contributed by atoms with Crippen molar-refractivity contribution in [3.8, 4) is 0 Å². The van der Waals surface area contributed by atoms with E-state index in [1.165, 1.54) is 18.2 Å². The summed E-state index contributed by atoms with van der Waals surface area (Å²) in [4.78, 5) is 38.6. The third kappa shape index (κ3) is 5.36. The largest absolute Gasteiger partial charge is 0.342 e. The van der Waals surface area contributed by atoms with E-state index in [0.717, 1.165) is 12.8 Å². The normalized spacial score (nSPS) is 15.9. The fourth-order valence-electron chi connectivity index (χ4n) is 3.24. The topological polar surface area (TPSA) is 78.5 Å². The van der Waals surface area contributed by atoms with Gasteiger partial charge in [0, 0.05) is 36.4 Å². The number of anilines is 2. The smallest absolute Gasteiger partial charge is 0.255 e. The summed E-state index contributed by atoms with van der Waals surface area (Å²) in [5.41, 5.74) is 1.29. The van der Waals surface area contributed by atoms with Gasteiger partial charge in [-0.1, -0.05) is 24.9 Å². The van der Waals surface area contributed by atoms with Gasteiger partial charge in [0.2, 0.25) is 11.8 Å². The SMILES string of the molecule is CCCCN1C[C@H](C(=O)Nc2ccc(C(=O)Nc3ccc(F)c(Cl)c3)cc2)CC1=O. The lowest BCUT2D eigenvalue weighted by Crippen LogP contribution is -2.29. The Bertz CT molecular complexity index is 949. The van der Waals surface area contributed by atoms with Gasteiger partial charge in [0.25, 0.3) is 5.91 Å². The fourth-order valence-corrected chi connectivity index (χ4v) is 3.42. The Labute approximate surface area is 179 Å². The lowest BCUT2D eigenvalue weighted by Gasteiger charge is -2.16. The summed E-state index contributed by atoms with van der Waals surface area (Å²) in [7, 11) is 0. The molecule has 1 atom stereocenters. The molecule has 30 heavy (non-hydrogen) atoms. The van der Waals surface area contributed by atoms with Crippen LogP contribution in [0.25, 0.3) is 0 Å². The van der Waals surface area contributed by atoms with Crippen LogP contribution in [0.4, 0.5) is 15.8 Å². The van der Waals surface area contributed by atoms with Crippen molar-refractivity contribution in [1.82, 2.24) is 4.90 Å². The van der Waals surface area contributed by atoms with Crippen molar-refractivity contribution in [2.75, 3.05) is 23.7 Å². The summed E-state index contributed by atoms with van der Waals surface area (Å²) >= 11 is 5.72. The van der Waals surface area contributed by atoms with Crippen molar-refractivity contribution in [3.63, 3.8) is 0 Å². The average Bonchev–Trinajstić information content (AvgIpc) is 3.10. The van der Waals surface area contributed by atoms with Gasteiger partial charge in [-0.3, -0.25) is 14.4 Å². The Balaban J connectivity index is 1.56. The number of nitrogens with zero attached hydrogens (tertiary/aromatic N) is 1. The zero-order valence-electron chi connectivity index (χ0n) is 16.6. The van der Waals surface area contributed by atoms with Crippen LogP contribution >= 0.6 is 11.6 Å². The van der Waals surface area contributed by atoms with Crippen molar-refractivity contribution in [3.05, 3.63) is 58.9 Å². The Morgan fingerprint density at radius 2 is 1.83 bits per heavy atom. The fraction of sp³-hybridized carbons (Fsp3) is 0.318. The monoisotopic (exact) mass is 431 g/mol. The van der Waals surface area contributed by atoms with Gasteiger partial charge in [0.1, 0.15) is 5.82 Å². The number of benzene rings is 2. The van der Waals surface area contributed by atoms with Gasteiger partial charge in [-0.2, -0.15) is 0 Å². The lowest BCUT2D eigenvalue weighted by atomic mass is 10.1. The van der Waals surface area contributed by atoms with Gasteiger partial charge in [-0.05, 0) is 48.9 Å². The Kier molecular flexibility index (Phi) is 7.05. The minimum absolute atomic E-state index is 0.0107. The van der Waals surface area contributed by atoms with Crippen molar-refractivity contribution in [2.45, 2.75) is 26.2 Å². The van der Waals surface area contributed by atoms with E-state index in [1.54, 1.807) is 29.2 Å². The third-order valence-corrected chi connectivity index (χ3v) is 5.25. The van der Waals surface area contributed by atoms with E-state index < -0.39 is 5.82 Å². The molecule has 1 saturated heterocycles. The zero-order valence-corrected chi connectivity index (χ0v) is 17.3. The number of hydrogen-bond acceptors (Lipinski definition) is 3. The van der Waals surface area contributed by atoms with Crippen LogP contribution in [-0.4, -0.2) is 35.7 Å². The summed E-state index contributed by atoms with van der Waals surface area (Å²) in [5, 5.41) is 5.36. The third-order valence-electron chi connectivity index (χ3n) is 4.96. The van der Waals surface area contributed by atoms with Crippen LogP contribution in [0.5, 0.6) is 0 Å². The lowest BCUT2D eigenvalue weighted by molar-refractivity contribution is -0.128. The molecule has 3 amide bonds. The molecule has 6 nitrogen and oxygen atoms in total. The van der Waals surface area contributed by atoms with Gasteiger partial charge >= 0.3 is 0 Å². The van der Waals surface area contributed by atoms with Gasteiger partial charge in [0.05, 0.1) is 10.9 Å². The summed E-state index contributed by atoms with van der Waals surface area (Å²) in [6, 6.07) is 10.3. The molecule has 0 spiro atoms. The maximum absolute atomic E-state index is 13.2. The molecule has 0 aromatic heterocycles. The molecule has 1 heterocycles. The first-order valence-corrected chi connectivity index (χ1v) is 10.2. The molecule has 2 aromatic carbocycles. The van der Waals surface area contributed by atoms with Crippen molar-refractivity contribution in [1.29, 1.82) is 0 Å². The first-order chi connectivity index (χ1) is 14.4. The highest BCUT2D eigenvalue weighted by Crippen LogP contribution is 2.22. The molecule has 0 unspecified atom stereocenters. The minimum Gasteiger partial charge on any atom is -0.342 e. The molecule has 158 valence electrons. The van der Waals surface area contributed by atoms with E-state index in [4.69, 9.17) is 11.6 Å². The number of amides is 3. The number of likely N-dealkylation sites (tertiary alicyclic amines) is 1. The van der Waals surface area contributed by atoms with Crippen LogP contribution in [0, 0.1) is 11.7 Å². The first kappa shape index (κ1) is 21.8. The summed E-state index contributed by atoms with van der Waals surface area (Å²) < 4.78 is 13.2. The number of hydrogen-bond donors (Lipinski definition) is 2. The molecular weight excluding hydrogens is 409 g/mol. The Morgan fingerprint density at radius 3 is 2.50 bits per heavy atom.